The number of anilines is 3. The van der Waals surface area contributed by atoms with Crippen LogP contribution in [0.3, 0.4) is 0 Å². The summed E-state index contributed by atoms with van der Waals surface area (Å²) in [5.41, 5.74) is 0. The van der Waals surface area contributed by atoms with Gasteiger partial charge in [0.2, 0.25) is 17.8 Å². The maximum absolute atomic E-state index is 8.87. The predicted molar refractivity (Wildman–Crippen MR) is 177 cm³/mol. The summed E-state index contributed by atoms with van der Waals surface area (Å²) in [5.74, 6) is 1.93. The van der Waals surface area contributed by atoms with E-state index in [0.29, 0.717) is 37.7 Å². The number of rotatable bonds is 33. The van der Waals surface area contributed by atoms with E-state index in [-0.39, 0.29) is 0 Å². The van der Waals surface area contributed by atoms with Crippen molar-refractivity contribution in [3.63, 3.8) is 0 Å². The normalized spacial score (nSPS) is 11.2. The van der Waals surface area contributed by atoms with Crippen LogP contribution >= 0.6 is 0 Å². The zero-order valence-electron chi connectivity index (χ0n) is 26.9. The molecule has 0 unspecified atom stereocenters. The first kappa shape index (κ1) is 38.3. The van der Waals surface area contributed by atoms with Crippen LogP contribution in [0.5, 0.6) is 0 Å². The minimum absolute atomic E-state index is 0.317. The molecule has 6 N–H and O–H groups in total. The number of hydrogen-bond acceptors (Lipinski definition) is 9. The number of hydrogen-bond donors (Lipinski definition) is 6. The van der Waals surface area contributed by atoms with Gasteiger partial charge in [-0.1, -0.05) is 116 Å². The van der Waals surface area contributed by atoms with Crippen LogP contribution in [0.15, 0.2) is 0 Å². The SMILES string of the molecule is OCCCCCCCCCCNc1nc(NCCCCCCCCCCO)nc(NCCCCCCCCCCO)n1. The fraction of sp³-hybridized carbons (Fsp3) is 0.909. The maximum atomic E-state index is 8.87. The Balaban J connectivity index is 2.35. The molecule has 0 bridgehead atoms. The number of aliphatic hydroxyl groups is 3. The Hall–Kier alpha value is -1.71. The smallest absolute Gasteiger partial charge is 0.229 e. The molecule has 42 heavy (non-hydrogen) atoms. The summed E-state index contributed by atoms with van der Waals surface area (Å²) in [6.45, 7) is 3.55. The lowest BCUT2D eigenvalue weighted by molar-refractivity contribution is 0.282. The molecule has 0 aliphatic carbocycles. The Morgan fingerprint density at radius 2 is 0.476 bits per heavy atom. The van der Waals surface area contributed by atoms with E-state index in [2.05, 4.69) is 30.9 Å². The second-order valence-electron chi connectivity index (χ2n) is 11.7. The summed E-state index contributed by atoms with van der Waals surface area (Å²) in [5, 5.41) is 36.9. The minimum atomic E-state index is 0.317. The van der Waals surface area contributed by atoms with Crippen molar-refractivity contribution in [3.05, 3.63) is 0 Å². The van der Waals surface area contributed by atoms with Gasteiger partial charge in [-0.25, -0.2) is 0 Å². The Morgan fingerprint density at radius 1 is 0.286 bits per heavy atom. The van der Waals surface area contributed by atoms with Crippen LogP contribution in [0.25, 0.3) is 0 Å². The summed E-state index contributed by atoms with van der Waals surface area (Å²) in [6.07, 6.45) is 28.2. The third-order valence-electron chi connectivity index (χ3n) is 7.74. The Morgan fingerprint density at radius 3 is 0.690 bits per heavy atom. The van der Waals surface area contributed by atoms with Gasteiger partial charge in [-0.05, 0) is 38.5 Å². The summed E-state index contributed by atoms with van der Waals surface area (Å²) >= 11 is 0. The number of aromatic nitrogens is 3. The summed E-state index contributed by atoms with van der Waals surface area (Å²) in [6, 6.07) is 0. The zero-order valence-corrected chi connectivity index (χ0v) is 26.9. The van der Waals surface area contributed by atoms with Crippen molar-refractivity contribution in [2.45, 2.75) is 154 Å². The van der Waals surface area contributed by atoms with Crippen molar-refractivity contribution in [2.75, 3.05) is 55.4 Å². The quantitative estimate of drug-likeness (QED) is 0.0459. The van der Waals surface area contributed by atoms with Crippen molar-refractivity contribution in [1.82, 2.24) is 15.0 Å². The standard InChI is InChI=1S/C33H66N6O3/c40-28-22-16-10-4-1-7-13-19-25-34-31-37-32(35-26-20-14-8-2-5-11-17-23-29-41)39-33(38-31)36-27-21-15-9-3-6-12-18-24-30-42/h40-42H,1-30H2,(H3,34,35,36,37,38,39). The molecule has 0 spiro atoms. The fourth-order valence-electron chi connectivity index (χ4n) is 5.11. The van der Waals surface area contributed by atoms with Gasteiger partial charge in [-0.3, -0.25) is 0 Å². The second kappa shape index (κ2) is 30.7. The van der Waals surface area contributed by atoms with E-state index in [1.807, 2.05) is 0 Å². The van der Waals surface area contributed by atoms with Crippen molar-refractivity contribution >= 4 is 17.8 Å². The monoisotopic (exact) mass is 595 g/mol. The van der Waals surface area contributed by atoms with Crippen LogP contribution in [0.4, 0.5) is 17.8 Å². The van der Waals surface area contributed by atoms with Gasteiger partial charge in [0.25, 0.3) is 0 Å². The molecule has 0 amide bonds. The molecule has 0 fully saturated rings. The molecule has 9 heteroatoms. The van der Waals surface area contributed by atoms with E-state index < -0.39 is 0 Å². The third-order valence-corrected chi connectivity index (χ3v) is 7.74. The Kier molecular flexibility index (Phi) is 28.0. The first-order chi connectivity index (χ1) is 20.8. The second-order valence-corrected chi connectivity index (χ2v) is 11.7. The van der Waals surface area contributed by atoms with E-state index in [1.54, 1.807) is 0 Å². The molecular formula is C33H66N6O3. The van der Waals surface area contributed by atoms with Gasteiger partial charge in [-0.2, -0.15) is 15.0 Å². The number of nitrogens with zero attached hydrogens (tertiary/aromatic N) is 3. The van der Waals surface area contributed by atoms with E-state index in [0.717, 1.165) is 77.4 Å². The number of aliphatic hydroxyl groups excluding tert-OH is 3. The molecular weight excluding hydrogens is 528 g/mol. The van der Waals surface area contributed by atoms with E-state index >= 15 is 0 Å². The molecule has 1 aromatic heterocycles. The highest BCUT2D eigenvalue weighted by atomic mass is 16.3. The zero-order chi connectivity index (χ0) is 30.2. The number of unbranched alkanes of at least 4 members (excludes halogenated alkanes) is 21. The van der Waals surface area contributed by atoms with Crippen LogP contribution in [0.1, 0.15) is 154 Å². The van der Waals surface area contributed by atoms with Gasteiger partial charge in [-0.15, -0.1) is 0 Å². The highest BCUT2D eigenvalue weighted by Crippen LogP contribution is 2.14. The van der Waals surface area contributed by atoms with Gasteiger partial charge in [0, 0.05) is 39.5 Å². The average Bonchev–Trinajstić information content (AvgIpc) is 3.00. The molecule has 0 aromatic carbocycles. The Bertz CT molecular complexity index is 595. The van der Waals surface area contributed by atoms with Crippen LogP contribution in [-0.2, 0) is 0 Å². The van der Waals surface area contributed by atoms with Crippen molar-refractivity contribution in [1.29, 1.82) is 0 Å². The third kappa shape index (κ3) is 24.8. The molecule has 0 saturated heterocycles. The molecule has 0 atom stereocenters. The Labute approximate surface area is 257 Å². The van der Waals surface area contributed by atoms with Gasteiger partial charge >= 0.3 is 0 Å². The summed E-state index contributed by atoms with van der Waals surface area (Å²) in [4.78, 5) is 13.9. The molecule has 0 aliphatic heterocycles. The molecule has 0 radical (unpaired) electrons. The van der Waals surface area contributed by atoms with Crippen LogP contribution in [-0.4, -0.2) is 69.7 Å². The van der Waals surface area contributed by atoms with E-state index in [9.17, 15) is 0 Å². The van der Waals surface area contributed by atoms with Crippen molar-refractivity contribution in [2.24, 2.45) is 0 Å². The lowest BCUT2D eigenvalue weighted by Crippen LogP contribution is -2.14. The van der Waals surface area contributed by atoms with Gasteiger partial charge in [0.05, 0.1) is 0 Å². The number of nitrogens with one attached hydrogen (secondary N) is 3. The minimum Gasteiger partial charge on any atom is -0.396 e. The molecule has 9 nitrogen and oxygen atoms in total. The topological polar surface area (TPSA) is 135 Å². The fourth-order valence-corrected chi connectivity index (χ4v) is 5.11. The van der Waals surface area contributed by atoms with Gasteiger partial charge < -0.3 is 31.3 Å². The van der Waals surface area contributed by atoms with Crippen LogP contribution in [0.2, 0.25) is 0 Å². The molecule has 0 aliphatic rings. The first-order valence-electron chi connectivity index (χ1n) is 17.6. The average molecular weight is 595 g/mol. The maximum Gasteiger partial charge on any atom is 0.229 e. The van der Waals surface area contributed by atoms with Gasteiger partial charge in [0.1, 0.15) is 0 Å². The predicted octanol–water partition coefficient (Wildman–Crippen LogP) is 7.45. The van der Waals surface area contributed by atoms with E-state index in [4.69, 9.17) is 15.3 Å². The van der Waals surface area contributed by atoms with Crippen molar-refractivity contribution < 1.29 is 15.3 Å². The van der Waals surface area contributed by atoms with Crippen LogP contribution in [0, 0.1) is 0 Å². The van der Waals surface area contributed by atoms with Crippen LogP contribution < -0.4 is 16.0 Å². The summed E-state index contributed by atoms with van der Waals surface area (Å²) < 4.78 is 0. The largest absolute Gasteiger partial charge is 0.396 e. The highest BCUT2D eigenvalue weighted by molar-refractivity contribution is 5.42. The highest BCUT2D eigenvalue weighted by Gasteiger charge is 2.06. The molecule has 1 heterocycles. The summed E-state index contributed by atoms with van der Waals surface area (Å²) in [7, 11) is 0. The van der Waals surface area contributed by atoms with Crippen molar-refractivity contribution in [3.8, 4) is 0 Å². The molecule has 246 valence electrons. The lowest BCUT2D eigenvalue weighted by atomic mass is 10.1. The lowest BCUT2D eigenvalue weighted by Gasteiger charge is -2.11. The molecule has 0 saturated carbocycles. The molecule has 1 rings (SSSR count). The van der Waals surface area contributed by atoms with E-state index in [1.165, 1.54) is 96.3 Å². The van der Waals surface area contributed by atoms with Gasteiger partial charge in [0.15, 0.2) is 0 Å². The molecule has 1 aromatic rings. The first-order valence-corrected chi connectivity index (χ1v) is 17.6.